The smallest absolute Gasteiger partial charge is 0.117 e. The number of hydrogen-bond donors (Lipinski definition) is 0. The zero-order chi connectivity index (χ0) is 7.56. The van der Waals surface area contributed by atoms with Gasteiger partial charge in [0.15, 0.2) is 0 Å². The van der Waals surface area contributed by atoms with Crippen LogP contribution in [0.25, 0.3) is 0 Å². The Kier molecular flexibility index (Phi) is 2.58. The van der Waals surface area contributed by atoms with Crippen LogP contribution in [0.3, 0.4) is 0 Å². The minimum Gasteiger partial charge on any atom is -0.281 e. The van der Waals surface area contributed by atoms with Crippen molar-refractivity contribution in [1.82, 2.24) is 0 Å². The van der Waals surface area contributed by atoms with Crippen molar-refractivity contribution >= 4 is 23.8 Å². The van der Waals surface area contributed by atoms with Gasteiger partial charge in [0.1, 0.15) is 7.80 Å². The van der Waals surface area contributed by atoms with Gasteiger partial charge in [0.2, 0.25) is 0 Å². The highest BCUT2D eigenvalue weighted by Crippen LogP contribution is 2.28. The molecule has 0 fully saturated rings. The van der Waals surface area contributed by atoms with E-state index in [9.17, 15) is 4.57 Å². The molecule has 10 heavy (non-hydrogen) atoms. The molecule has 1 aromatic heterocycles. The molecule has 1 atom stereocenters. The largest absolute Gasteiger partial charge is 0.281 e. The quantitative estimate of drug-likeness (QED) is 0.628. The summed E-state index contributed by atoms with van der Waals surface area (Å²) in [5.74, 6) is 0. The third-order valence-electron chi connectivity index (χ3n) is 1.19. The summed E-state index contributed by atoms with van der Waals surface area (Å²) < 4.78 is 12.4. The molecule has 0 N–H and O–H groups in total. The second kappa shape index (κ2) is 3.27. The molecular formula is C7H10OPS. The van der Waals surface area contributed by atoms with Gasteiger partial charge in [0, 0.05) is 5.66 Å². The van der Waals surface area contributed by atoms with Crippen molar-refractivity contribution in [2.75, 3.05) is 0 Å². The molecule has 1 unspecified atom stereocenters. The molecular weight excluding hydrogens is 163 g/mol. The molecule has 0 amide bonds. The SMILES string of the molecule is CC(C)[P](=O)c1cccs1. The Labute approximate surface area is 65.9 Å². The molecule has 3 heteroatoms. The molecule has 0 spiro atoms. The van der Waals surface area contributed by atoms with Crippen molar-refractivity contribution in [3.05, 3.63) is 17.5 Å². The molecule has 0 aromatic carbocycles. The topological polar surface area (TPSA) is 17.1 Å². The maximum atomic E-state index is 11.4. The third kappa shape index (κ3) is 1.65. The molecule has 0 aliphatic carbocycles. The van der Waals surface area contributed by atoms with Crippen LogP contribution >= 0.6 is 19.1 Å². The fourth-order valence-corrected chi connectivity index (χ4v) is 3.08. The highest BCUT2D eigenvalue weighted by Gasteiger charge is 2.08. The van der Waals surface area contributed by atoms with Crippen LogP contribution in [0.2, 0.25) is 0 Å². The summed E-state index contributed by atoms with van der Waals surface area (Å²) in [5.41, 5.74) is 0.272. The lowest BCUT2D eigenvalue weighted by Crippen LogP contribution is -1.95. The van der Waals surface area contributed by atoms with Crippen molar-refractivity contribution in [3.63, 3.8) is 0 Å². The molecule has 0 aliphatic rings. The normalized spacial score (nSPS) is 12.1. The molecule has 1 radical (unpaired) electrons. The van der Waals surface area contributed by atoms with E-state index in [-0.39, 0.29) is 5.66 Å². The van der Waals surface area contributed by atoms with Crippen LogP contribution in [0.1, 0.15) is 13.8 Å². The molecule has 0 saturated heterocycles. The lowest BCUT2D eigenvalue weighted by atomic mass is 10.6. The Morgan fingerprint density at radius 3 is 2.70 bits per heavy atom. The first-order valence-electron chi connectivity index (χ1n) is 3.21. The van der Waals surface area contributed by atoms with Crippen LogP contribution in [-0.4, -0.2) is 5.66 Å². The highest BCUT2D eigenvalue weighted by atomic mass is 32.1. The molecule has 1 heterocycles. The standard InChI is InChI=1S/C7H10OPS/c1-6(2)9(8)7-4-3-5-10-7/h3-6H,1-2H3. The first-order valence-corrected chi connectivity index (χ1v) is 5.42. The van der Waals surface area contributed by atoms with Crippen molar-refractivity contribution in [1.29, 1.82) is 0 Å². The third-order valence-corrected chi connectivity index (χ3v) is 4.24. The summed E-state index contributed by atoms with van der Waals surface area (Å²) in [6.07, 6.45) is 0. The van der Waals surface area contributed by atoms with Crippen molar-refractivity contribution in [2.45, 2.75) is 19.5 Å². The van der Waals surface area contributed by atoms with E-state index in [1.165, 1.54) is 0 Å². The summed E-state index contributed by atoms with van der Waals surface area (Å²) in [4.78, 5) is 0. The summed E-state index contributed by atoms with van der Waals surface area (Å²) in [5, 5.41) is 1.96. The van der Waals surface area contributed by atoms with Crippen LogP contribution in [0, 0.1) is 0 Å². The van der Waals surface area contributed by atoms with E-state index in [0.29, 0.717) is 0 Å². The maximum Gasteiger partial charge on any atom is 0.117 e. The number of rotatable bonds is 2. The molecule has 1 rings (SSSR count). The van der Waals surface area contributed by atoms with Gasteiger partial charge in [0.25, 0.3) is 0 Å². The lowest BCUT2D eigenvalue weighted by Gasteiger charge is -1.98. The Morgan fingerprint density at radius 1 is 1.60 bits per heavy atom. The van der Waals surface area contributed by atoms with E-state index < -0.39 is 7.80 Å². The monoisotopic (exact) mass is 173 g/mol. The van der Waals surface area contributed by atoms with Crippen LogP contribution in [0.4, 0.5) is 0 Å². The predicted octanol–water partition coefficient (Wildman–Crippen LogP) is 2.61. The van der Waals surface area contributed by atoms with Crippen LogP contribution in [-0.2, 0) is 4.57 Å². The second-order valence-electron chi connectivity index (χ2n) is 2.37. The number of hydrogen-bond acceptors (Lipinski definition) is 2. The average molecular weight is 173 g/mol. The zero-order valence-corrected chi connectivity index (χ0v) is 7.78. The van der Waals surface area contributed by atoms with E-state index in [2.05, 4.69) is 0 Å². The molecule has 1 nitrogen and oxygen atoms in total. The van der Waals surface area contributed by atoms with E-state index >= 15 is 0 Å². The highest BCUT2D eigenvalue weighted by molar-refractivity contribution is 7.61. The zero-order valence-electron chi connectivity index (χ0n) is 6.07. The fourth-order valence-electron chi connectivity index (χ4n) is 0.650. The maximum absolute atomic E-state index is 11.4. The Morgan fingerprint density at radius 2 is 2.30 bits per heavy atom. The van der Waals surface area contributed by atoms with Gasteiger partial charge in [0.05, 0.1) is 4.62 Å². The Balaban J connectivity index is 2.78. The summed E-state index contributed by atoms with van der Waals surface area (Å²) in [7, 11) is -1.13. The van der Waals surface area contributed by atoms with Crippen molar-refractivity contribution in [3.8, 4) is 0 Å². The Bertz CT molecular complexity index is 216. The van der Waals surface area contributed by atoms with Crippen LogP contribution < -0.4 is 4.62 Å². The summed E-state index contributed by atoms with van der Waals surface area (Å²) in [6, 6.07) is 3.87. The van der Waals surface area contributed by atoms with Gasteiger partial charge in [-0.2, -0.15) is 0 Å². The van der Waals surface area contributed by atoms with Gasteiger partial charge < -0.3 is 0 Å². The summed E-state index contributed by atoms with van der Waals surface area (Å²) >= 11 is 1.58. The van der Waals surface area contributed by atoms with E-state index in [0.717, 1.165) is 4.62 Å². The van der Waals surface area contributed by atoms with Gasteiger partial charge in [-0.3, -0.25) is 4.57 Å². The van der Waals surface area contributed by atoms with E-state index in [1.807, 2.05) is 31.4 Å². The summed E-state index contributed by atoms with van der Waals surface area (Å²) in [6.45, 7) is 3.97. The molecule has 0 saturated carbocycles. The van der Waals surface area contributed by atoms with Gasteiger partial charge >= 0.3 is 0 Å². The van der Waals surface area contributed by atoms with Crippen LogP contribution in [0.15, 0.2) is 17.5 Å². The van der Waals surface area contributed by atoms with Gasteiger partial charge in [-0.25, -0.2) is 0 Å². The second-order valence-corrected chi connectivity index (χ2v) is 5.79. The first kappa shape index (κ1) is 7.90. The number of thiophene rings is 1. The van der Waals surface area contributed by atoms with Crippen molar-refractivity contribution in [2.24, 2.45) is 0 Å². The van der Waals surface area contributed by atoms with Gasteiger partial charge in [-0.1, -0.05) is 19.9 Å². The minimum atomic E-state index is -1.13. The molecule has 0 bridgehead atoms. The van der Waals surface area contributed by atoms with Crippen molar-refractivity contribution < 1.29 is 4.57 Å². The fraction of sp³-hybridized carbons (Fsp3) is 0.429. The molecule has 55 valence electrons. The molecule has 0 aliphatic heterocycles. The average Bonchev–Trinajstić information content (AvgIpc) is 2.36. The predicted molar refractivity (Wildman–Crippen MR) is 46.7 cm³/mol. The van der Waals surface area contributed by atoms with Crippen LogP contribution in [0.5, 0.6) is 0 Å². The van der Waals surface area contributed by atoms with Gasteiger partial charge in [-0.05, 0) is 11.4 Å². The minimum absolute atomic E-state index is 0.272. The first-order chi connectivity index (χ1) is 4.72. The lowest BCUT2D eigenvalue weighted by molar-refractivity contribution is 0.588. The Hall–Kier alpha value is -0.200. The molecule has 1 aromatic rings. The van der Waals surface area contributed by atoms with E-state index in [4.69, 9.17) is 0 Å². The van der Waals surface area contributed by atoms with Gasteiger partial charge in [-0.15, -0.1) is 11.3 Å². The van der Waals surface area contributed by atoms with E-state index in [1.54, 1.807) is 11.3 Å².